The normalized spacial score (nSPS) is 21.4. The molecule has 0 bridgehead atoms. The van der Waals surface area contributed by atoms with Crippen molar-refractivity contribution in [1.29, 1.82) is 0 Å². The fraction of sp³-hybridized carbons (Fsp3) is 0.500. The molecule has 0 radical (unpaired) electrons. The zero-order valence-electron chi connectivity index (χ0n) is 16.3. The molecule has 2 unspecified atom stereocenters. The quantitative estimate of drug-likeness (QED) is 0.778. The molecule has 2 atom stereocenters. The average Bonchev–Trinajstić information content (AvgIpc) is 3.12. The summed E-state index contributed by atoms with van der Waals surface area (Å²) in [7, 11) is 0. The van der Waals surface area contributed by atoms with Crippen LogP contribution in [0.25, 0.3) is 10.9 Å². The van der Waals surface area contributed by atoms with Crippen LogP contribution in [0.3, 0.4) is 0 Å². The molecule has 2 aliphatic heterocycles. The van der Waals surface area contributed by atoms with Gasteiger partial charge in [-0.1, -0.05) is 0 Å². The molecule has 4 rings (SSSR count). The molecule has 2 aliphatic rings. The summed E-state index contributed by atoms with van der Waals surface area (Å²) < 4.78 is 42.6. The molecule has 3 heterocycles. The molecule has 2 saturated heterocycles. The van der Waals surface area contributed by atoms with Crippen molar-refractivity contribution < 1.29 is 23.0 Å². The van der Waals surface area contributed by atoms with E-state index in [1.165, 1.54) is 10.8 Å². The molecule has 7 nitrogen and oxygen atoms in total. The number of pyridine rings is 1. The number of nitrogens with one attached hydrogen (secondary N) is 1. The van der Waals surface area contributed by atoms with Crippen molar-refractivity contribution in [3.05, 3.63) is 39.7 Å². The monoisotopic (exact) mass is 407 g/mol. The molecule has 0 spiro atoms. The molecule has 1 aromatic heterocycles. The van der Waals surface area contributed by atoms with Gasteiger partial charge in [-0.05, 0) is 19.9 Å². The number of morpholine rings is 1. The minimum atomic E-state index is -0.839. The van der Waals surface area contributed by atoms with Gasteiger partial charge < -0.3 is 24.3 Å². The van der Waals surface area contributed by atoms with Gasteiger partial charge in [0, 0.05) is 32.4 Å². The maximum Gasteiger partial charge on any atom is 0.343 e. The van der Waals surface area contributed by atoms with Crippen LogP contribution in [0.15, 0.2) is 17.1 Å². The van der Waals surface area contributed by atoms with E-state index in [-0.39, 0.29) is 40.9 Å². The summed E-state index contributed by atoms with van der Waals surface area (Å²) in [5.74, 6) is -2.46. The Labute approximate surface area is 166 Å². The molecular weight excluding hydrogens is 384 g/mol. The number of halogens is 2. The van der Waals surface area contributed by atoms with Gasteiger partial charge in [0.05, 0.1) is 36.3 Å². The van der Waals surface area contributed by atoms with Crippen molar-refractivity contribution in [2.45, 2.75) is 32.5 Å². The minimum absolute atomic E-state index is 0.00203. The number of hydrogen-bond donors (Lipinski definition) is 1. The number of ether oxygens (including phenoxy) is 2. The lowest BCUT2D eigenvalue weighted by Gasteiger charge is -2.25. The Bertz CT molecular complexity index is 1010. The molecular formula is C20H23F2N3O4. The van der Waals surface area contributed by atoms with E-state index in [0.717, 1.165) is 6.07 Å². The van der Waals surface area contributed by atoms with Gasteiger partial charge in [0.25, 0.3) is 0 Å². The molecule has 2 aromatic rings. The number of benzene rings is 1. The van der Waals surface area contributed by atoms with Gasteiger partial charge >= 0.3 is 5.97 Å². The second kappa shape index (κ2) is 7.72. The van der Waals surface area contributed by atoms with E-state index in [9.17, 15) is 14.0 Å². The number of rotatable bonds is 4. The SMILES string of the molecule is CCOC(=O)c1cn(CC)c2c(F)c(N3CC4NCCOC4C3)c(F)cc2c1=O. The molecule has 9 heteroatoms. The van der Waals surface area contributed by atoms with E-state index >= 15 is 4.39 Å². The molecule has 0 amide bonds. The topological polar surface area (TPSA) is 72.8 Å². The average molecular weight is 407 g/mol. The zero-order chi connectivity index (χ0) is 20.7. The van der Waals surface area contributed by atoms with Crippen LogP contribution in [0.2, 0.25) is 0 Å². The van der Waals surface area contributed by atoms with Crippen molar-refractivity contribution in [1.82, 2.24) is 9.88 Å². The molecule has 156 valence electrons. The highest BCUT2D eigenvalue weighted by molar-refractivity contribution is 5.95. The first-order valence-corrected chi connectivity index (χ1v) is 9.78. The van der Waals surface area contributed by atoms with Crippen LogP contribution in [0.1, 0.15) is 24.2 Å². The van der Waals surface area contributed by atoms with E-state index in [0.29, 0.717) is 32.8 Å². The lowest BCUT2D eigenvalue weighted by molar-refractivity contribution is 0.0212. The molecule has 29 heavy (non-hydrogen) atoms. The van der Waals surface area contributed by atoms with Crippen LogP contribution >= 0.6 is 0 Å². The Hall–Kier alpha value is -2.52. The third kappa shape index (κ3) is 3.28. The summed E-state index contributed by atoms with van der Waals surface area (Å²) in [4.78, 5) is 26.5. The van der Waals surface area contributed by atoms with Crippen LogP contribution in [0.4, 0.5) is 14.5 Å². The van der Waals surface area contributed by atoms with Crippen molar-refractivity contribution in [3.63, 3.8) is 0 Å². The Morgan fingerprint density at radius 1 is 1.34 bits per heavy atom. The Morgan fingerprint density at radius 3 is 2.83 bits per heavy atom. The van der Waals surface area contributed by atoms with E-state index in [1.807, 2.05) is 0 Å². The van der Waals surface area contributed by atoms with Crippen molar-refractivity contribution in [2.24, 2.45) is 0 Å². The van der Waals surface area contributed by atoms with E-state index in [1.54, 1.807) is 18.7 Å². The summed E-state index contributed by atoms with van der Waals surface area (Å²) in [6.07, 6.45) is 1.14. The lowest BCUT2D eigenvalue weighted by atomic mass is 10.1. The maximum absolute atomic E-state index is 15.5. The smallest absolute Gasteiger partial charge is 0.343 e. The second-order valence-corrected chi connectivity index (χ2v) is 7.17. The Balaban J connectivity index is 1.86. The number of nitrogens with zero attached hydrogens (tertiary/aromatic N) is 2. The van der Waals surface area contributed by atoms with Crippen molar-refractivity contribution in [3.8, 4) is 0 Å². The largest absolute Gasteiger partial charge is 0.462 e. The number of esters is 1. The fourth-order valence-corrected chi connectivity index (χ4v) is 4.15. The second-order valence-electron chi connectivity index (χ2n) is 7.17. The van der Waals surface area contributed by atoms with Crippen LogP contribution in [0, 0.1) is 11.6 Å². The van der Waals surface area contributed by atoms with Crippen molar-refractivity contribution in [2.75, 3.05) is 37.7 Å². The molecule has 2 fully saturated rings. The number of fused-ring (bicyclic) bond motifs is 2. The maximum atomic E-state index is 15.5. The first kappa shape index (κ1) is 19.8. The molecule has 0 aliphatic carbocycles. The minimum Gasteiger partial charge on any atom is -0.462 e. The third-order valence-electron chi connectivity index (χ3n) is 5.49. The number of carbonyl (C=O) groups excluding carboxylic acids is 1. The van der Waals surface area contributed by atoms with Gasteiger partial charge in [-0.2, -0.15) is 0 Å². The fourth-order valence-electron chi connectivity index (χ4n) is 4.15. The number of aromatic nitrogens is 1. The molecule has 0 saturated carbocycles. The Morgan fingerprint density at radius 2 is 2.14 bits per heavy atom. The lowest BCUT2D eigenvalue weighted by Crippen LogP contribution is -2.47. The van der Waals surface area contributed by atoms with Gasteiger partial charge in [-0.15, -0.1) is 0 Å². The highest BCUT2D eigenvalue weighted by atomic mass is 19.1. The number of hydrogen-bond acceptors (Lipinski definition) is 6. The summed E-state index contributed by atoms with van der Waals surface area (Å²) in [5, 5.41) is 3.12. The highest BCUT2D eigenvalue weighted by Crippen LogP contribution is 2.33. The summed E-state index contributed by atoms with van der Waals surface area (Å²) >= 11 is 0. The van der Waals surface area contributed by atoms with Gasteiger partial charge in [0.15, 0.2) is 5.82 Å². The van der Waals surface area contributed by atoms with Crippen LogP contribution in [0.5, 0.6) is 0 Å². The summed E-state index contributed by atoms with van der Waals surface area (Å²) in [5.41, 5.74) is -1.18. The first-order chi connectivity index (χ1) is 14.0. The van der Waals surface area contributed by atoms with Crippen LogP contribution in [-0.4, -0.2) is 55.5 Å². The highest BCUT2D eigenvalue weighted by Gasteiger charge is 2.38. The van der Waals surface area contributed by atoms with Gasteiger partial charge in [0.1, 0.15) is 17.1 Å². The predicted molar refractivity (Wildman–Crippen MR) is 103 cm³/mol. The van der Waals surface area contributed by atoms with Crippen LogP contribution < -0.4 is 15.6 Å². The summed E-state index contributed by atoms with van der Waals surface area (Å²) in [6, 6.07) is 1.01. The van der Waals surface area contributed by atoms with Gasteiger partial charge in [-0.25, -0.2) is 13.6 Å². The number of aryl methyl sites for hydroxylation is 1. The van der Waals surface area contributed by atoms with Gasteiger partial charge in [-0.3, -0.25) is 4.79 Å². The van der Waals surface area contributed by atoms with E-state index in [4.69, 9.17) is 9.47 Å². The van der Waals surface area contributed by atoms with E-state index < -0.39 is 23.0 Å². The first-order valence-electron chi connectivity index (χ1n) is 9.78. The number of carbonyl (C=O) groups is 1. The van der Waals surface area contributed by atoms with Gasteiger partial charge in [0.2, 0.25) is 5.43 Å². The Kier molecular flexibility index (Phi) is 5.26. The standard InChI is InChI=1S/C20H23F2N3O4/c1-3-24-8-12(20(27)28-4-2)19(26)11-7-13(21)18(16(22)17(11)24)25-9-14-15(10-25)29-6-5-23-14/h7-8,14-15,23H,3-6,9-10H2,1-2H3. The van der Waals surface area contributed by atoms with Crippen molar-refractivity contribution >= 4 is 22.6 Å². The molecule has 1 N–H and O–H groups in total. The zero-order valence-corrected chi connectivity index (χ0v) is 16.3. The number of anilines is 1. The summed E-state index contributed by atoms with van der Waals surface area (Å²) in [6.45, 7) is 5.78. The third-order valence-corrected chi connectivity index (χ3v) is 5.49. The predicted octanol–water partition coefficient (Wildman–Crippen LogP) is 1.65. The van der Waals surface area contributed by atoms with E-state index in [2.05, 4.69) is 5.32 Å². The molecule has 1 aromatic carbocycles. The van der Waals surface area contributed by atoms with Crippen LogP contribution in [-0.2, 0) is 16.0 Å².